The molecule has 5 rings (SSSR count). The zero-order valence-electron chi connectivity index (χ0n) is 20.7. The van der Waals surface area contributed by atoms with Crippen molar-refractivity contribution in [1.29, 1.82) is 0 Å². The lowest BCUT2D eigenvalue weighted by Crippen LogP contribution is -2.54. The number of alkyl halides is 3. The van der Waals surface area contributed by atoms with Crippen molar-refractivity contribution < 1.29 is 32.7 Å². The largest absolute Gasteiger partial charge is 0.417 e. The second kappa shape index (κ2) is 9.09. The fourth-order valence-corrected chi connectivity index (χ4v) is 5.06. The van der Waals surface area contributed by atoms with Gasteiger partial charge in [-0.1, -0.05) is 24.3 Å². The molecule has 1 aliphatic carbocycles. The smallest absolute Gasteiger partial charge is 0.381 e. The van der Waals surface area contributed by atoms with E-state index in [1.165, 1.54) is 37.1 Å². The highest BCUT2D eigenvalue weighted by atomic mass is 19.4. The van der Waals surface area contributed by atoms with E-state index in [4.69, 9.17) is 0 Å². The first-order valence-corrected chi connectivity index (χ1v) is 12.1. The lowest BCUT2D eigenvalue weighted by atomic mass is 9.89. The van der Waals surface area contributed by atoms with E-state index in [2.05, 4.69) is 10.3 Å². The van der Waals surface area contributed by atoms with Crippen molar-refractivity contribution in [3.05, 3.63) is 70.3 Å². The van der Waals surface area contributed by atoms with Crippen LogP contribution in [0, 0.1) is 0 Å². The summed E-state index contributed by atoms with van der Waals surface area (Å²) in [4.78, 5) is 45.9. The molecule has 8 nitrogen and oxygen atoms in total. The minimum Gasteiger partial charge on any atom is -0.381 e. The van der Waals surface area contributed by atoms with Gasteiger partial charge in [0.15, 0.2) is 0 Å². The van der Waals surface area contributed by atoms with Gasteiger partial charge in [-0.05, 0) is 37.6 Å². The highest BCUT2D eigenvalue weighted by molar-refractivity contribution is 6.39. The van der Waals surface area contributed by atoms with Gasteiger partial charge in [-0.2, -0.15) is 13.2 Å². The fraction of sp³-hybridized carbons (Fsp3) is 0.333. The number of aliphatic imine (C=N–C) groups is 1. The molecule has 1 atom stereocenters. The number of hydrogen-bond donors (Lipinski definition) is 2. The van der Waals surface area contributed by atoms with Crippen molar-refractivity contribution in [1.82, 2.24) is 10.2 Å². The number of allylic oxidation sites excluding steroid dienone is 2. The maximum atomic E-state index is 14.1. The van der Waals surface area contributed by atoms with Gasteiger partial charge in [-0.3, -0.25) is 24.7 Å². The number of anilines is 1. The third-order valence-corrected chi connectivity index (χ3v) is 6.91. The first-order valence-electron chi connectivity index (χ1n) is 12.1. The van der Waals surface area contributed by atoms with E-state index in [1.807, 2.05) is 0 Å². The number of benzene rings is 1. The first kappa shape index (κ1) is 25.7. The highest BCUT2D eigenvalue weighted by Crippen LogP contribution is 2.42. The number of imide groups is 1. The molecule has 198 valence electrons. The number of fused-ring (bicyclic) bond motifs is 1. The molecule has 2 N–H and O–H groups in total. The standard InChI is InChI=1S/C27H25F3N4O4/c1-26(2,38)25(37)34-11-9-33(10-12-34)15-7-8-19(27(28,29)30)17(13-15)21-22(24(36)32-23(21)35)18-14-31-20-6-4-3-5-16(18)20/h3-8,13-14,20,38H,9-12H2,1-2H3,(H,32,35,36)/t20-/m0/s1. The number of carbonyl (C=O) groups excluding carboxylic acids is 3. The van der Waals surface area contributed by atoms with Gasteiger partial charge in [-0.25, -0.2) is 0 Å². The summed E-state index contributed by atoms with van der Waals surface area (Å²) in [5.41, 5.74) is -2.10. The van der Waals surface area contributed by atoms with Gasteiger partial charge in [0.25, 0.3) is 17.7 Å². The number of hydrogen-bond acceptors (Lipinski definition) is 6. The van der Waals surface area contributed by atoms with Gasteiger partial charge in [0.2, 0.25) is 0 Å². The van der Waals surface area contributed by atoms with Gasteiger partial charge < -0.3 is 14.9 Å². The molecule has 1 fully saturated rings. The molecule has 3 aliphatic heterocycles. The van der Waals surface area contributed by atoms with E-state index in [0.717, 1.165) is 6.07 Å². The van der Waals surface area contributed by atoms with E-state index in [0.29, 0.717) is 29.9 Å². The number of halogens is 3. The summed E-state index contributed by atoms with van der Waals surface area (Å²) >= 11 is 0. The molecular formula is C27H25F3N4O4. The number of rotatable bonds is 4. The Morgan fingerprint density at radius 3 is 2.39 bits per heavy atom. The normalized spacial score (nSPS) is 21.6. The van der Waals surface area contributed by atoms with Crippen LogP contribution in [0.1, 0.15) is 25.0 Å². The Balaban J connectivity index is 1.57. The predicted molar refractivity (Wildman–Crippen MR) is 134 cm³/mol. The molecule has 1 aromatic rings. The van der Waals surface area contributed by atoms with Gasteiger partial charge in [0.05, 0.1) is 22.8 Å². The molecule has 38 heavy (non-hydrogen) atoms. The van der Waals surface area contributed by atoms with Crippen molar-refractivity contribution in [2.75, 3.05) is 31.1 Å². The van der Waals surface area contributed by atoms with Crippen LogP contribution in [0.15, 0.2) is 64.2 Å². The number of aliphatic hydroxyl groups is 1. The summed E-state index contributed by atoms with van der Waals surface area (Å²) in [6.45, 7) is 3.95. The highest BCUT2D eigenvalue weighted by Gasteiger charge is 2.42. The van der Waals surface area contributed by atoms with Crippen LogP contribution in [0.25, 0.3) is 5.57 Å². The number of nitrogens with one attached hydrogen (secondary N) is 1. The molecule has 3 heterocycles. The molecule has 11 heteroatoms. The van der Waals surface area contributed by atoms with E-state index in [9.17, 15) is 32.7 Å². The zero-order valence-corrected chi connectivity index (χ0v) is 20.7. The van der Waals surface area contributed by atoms with Gasteiger partial charge >= 0.3 is 6.18 Å². The summed E-state index contributed by atoms with van der Waals surface area (Å²) in [5, 5.41) is 12.2. The Hall–Kier alpha value is -3.99. The van der Waals surface area contributed by atoms with Crippen LogP contribution in [0.4, 0.5) is 18.9 Å². The Morgan fingerprint density at radius 1 is 1.05 bits per heavy atom. The second-order valence-electron chi connectivity index (χ2n) is 9.94. The van der Waals surface area contributed by atoms with Crippen LogP contribution in [-0.4, -0.2) is 71.8 Å². The predicted octanol–water partition coefficient (Wildman–Crippen LogP) is 2.41. The first-order chi connectivity index (χ1) is 17.9. The SMILES string of the molecule is CC(C)(O)C(=O)N1CCN(c2ccc(C(F)(F)F)c(C3=C(C4=C5C=CC=C[C@@H]5N=C4)C(=O)NC3=O)c2)CC1. The van der Waals surface area contributed by atoms with E-state index in [-0.39, 0.29) is 30.3 Å². The summed E-state index contributed by atoms with van der Waals surface area (Å²) in [6, 6.07) is 3.13. The maximum absolute atomic E-state index is 14.1. The van der Waals surface area contributed by atoms with Crippen LogP contribution in [0.5, 0.6) is 0 Å². The molecule has 0 spiro atoms. The second-order valence-corrected chi connectivity index (χ2v) is 9.94. The number of nitrogens with zero attached hydrogens (tertiary/aromatic N) is 3. The molecule has 1 saturated heterocycles. The molecule has 0 unspecified atom stereocenters. The van der Waals surface area contributed by atoms with Crippen LogP contribution < -0.4 is 10.2 Å². The Bertz CT molecular complexity index is 1390. The lowest BCUT2D eigenvalue weighted by molar-refractivity contribution is -0.148. The third-order valence-electron chi connectivity index (χ3n) is 6.91. The minimum absolute atomic E-state index is 0.139. The summed E-state index contributed by atoms with van der Waals surface area (Å²) in [5.74, 6) is -2.12. The Labute approximate surface area is 216 Å². The lowest BCUT2D eigenvalue weighted by Gasteiger charge is -2.38. The van der Waals surface area contributed by atoms with Crippen LogP contribution in [-0.2, 0) is 20.6 Å². The molecule has 3 amide bonds. The van der Waals surface area contributed by atoms with Crippen molar-refractivity contribution in [2.45, 2.75) is 31.7 Å². The van der Waals surface area contributed by atoms with Crippen LogP contribution >= 0.6 is 0 Å². The van der Waals surface area contributed by atoms with Crippen LogP contribution in [0.3, 0.4) is 0 Å². The number of carbonyl (C=O) groups is 3. The van der Waals surface area contributed by atoms with E-state index >= 15 is 0 Å². The van der Waals surface area contributed by atoms with Crippen LogP contribution in [0.2, 0.25) is 0 Å². The van der Waals surface area contributed by atoms with E-state index < -0.39 is 40.6 Å². The summed E-state index contributed by atoms with van der Waals surface area (Å²) in [6.07, 6.45) is 3.67. The maximum Gasteiger partial charge on any atom is 0.417 e. The summed E-state index contributed by atoms with van der Waals surface area (Å²) < 4.78 is 42.4. The molecular weight excluding hydrogens is 501 g/mol. The Morgan fingerprint density at radius 2 is 1.74 bits per heavy atom. The molecule has 0 aromatic heterocycles. The molecule has 4 aliphatic rings. The topological polar surface area (TPSA) is 102 Å². The molecule has 0 radical (unpaired) electrons. The van der Waals surface area contributed by atoms with Gasteiger partial charge in [0, 0.05) is 49.2 Å². The molecule has 0 bridgehead atoms. The third kappa shape index (κ3) is 4.47. The molecule has 0 saturated carbocycles. The van der Waals surface area contributed by atoms with Crippen molar-refractivity contribution in [3.8, 4) is 0 Å². The quantitative estimate of drug-likeness (QED) is 0.587. The zero-order chi connectivity index (χ0) is 27.4. The average Bonchev–Trinajstić information content (AvgIpc) is 3.41. The summed E-state index contributed by atoms with van der Waals surface area (Å²) in [7, 11) is 0. The number of piperazine rings is 1. The fourth-order valence-electron chi connectivity index (χ4n) is 5.06. The van der Waals surface area contributed by atoms with Crippen molar-refractivity contribution in [2.24, 2.45) is 4.99 Å². The van der Waals surface area contributed by atoms with Gasteiger partial charge in [0.1, 0.15) is 5.60 Å². The Kier molecular flexibility index (Phi) is 6.13. The van der Waals surface area contributed by atoms with E-state index in [1.54, 1.807) is 29.2 Å². The van der Waals surface area contributed by atoms with Crippen molar-refractivity contribution >= 4 is 35.2 Å². The van der Waals surface area contributed by atoms with Crippen molar-refractivity contribution in [3.63, 3.8) is 0 Å². The average molecular weight is 527 g/mol. The molecule has 1 aromatic carbocycles. The number of amides is 3. The minimum atomic E-state index is -4.78. The van der Waals surface area contributed by atoms with Gasteiger partial charge in [-0.15, -0.1) is 0 Å². The monoisotopic (exact) mass is 526 g/mol.